The average Bonchev–Trinajstić information content (AvgIpc) is 3.06. The van der Waals surface area contributed by atoms with Gasteiger partial charge in [-0.3, -0.25) is 0 Å². The summed E-state index contributed by atoms with van der Waals surface area (Å²) in [5, 5.41) is 6.37. The summed E-state index contributed by atoms with van der Waals surface area (Å²) in [5.41, 5.74) is 0.0828. The zero-order valence-corrected chi connectivity index (χ0v) is 14.9. The third-order valence-electron chi connectivity index (χ3n) is 3.01. The van der Waals surface area contributed by atoms with Gasteiger partial charge < -0.3 is 24.1 Å². The van der Waals surface area contributed by atoms with Crippen molar-refractivity contribution in [1.29, 1.82) is 0 Å². The Morgan fingerprint density at radius 1 is 1.28 bits per heavy atom. The van der Waals surface area contributed by atoms with Crippen LogP contribution in [0.4, 0.5) is 4.79 Å². The molecular formula is C17H23N3O5. The summed E-state index contributed by atoms with van der Waals surface area (Å²) in [5.74, 6) is 1.47. The number of hydrogen-bond donors (Lipinski definition) is 1. The molecule has 2 aromatic rings. The zero-order chi connectivity index (χ0) is 18.3. The van der Waals surface area contributed by atoms with Crippen molar-refractivity contribution < 1.29 is 23.5 Å². The molecule has 8 heteroatoms. The second kappa shape index (κ2) is 8.36. The monoisotopic (exact) mass is 349 g/mol. The van der Waals surface area contributed by atoms with Crippen LogP contribution >= 0.6 is 0 Å². The molecule has 0 aliphatic carbocycles. The summed E-state index contributed by atoms with van der Waals surface area (Å²) >= 11 is 0. The molecule has 2 heterocycles. The van der Waals surface area contributed by atoms with E-state index >= 15 is 0 Å². The highest BCUT2D eigenvalue weighted by Crippen LogP contribution is 2.36. The lowest BCUT2D eigenvalue weighted by Crippen LogP contribution is -2.33. The molecule has 2 rings (SSSR count). The molecule has 25 heavy (non-hydrogen) atoms. The van der Waals surface area contributed by atoms with Gasteiger partial charge in [-0.25, -0.2) is 9.78 Å². The predicted octanol–water partition coefficient (Wildman–Crippen LogP) is 3.04. The first kappa shape index (κ1) is 18.6. The summed E-state index contributed by atoms with van der Waals surface area (Å²) < 4.78 is 21.4. The summed E-state index contributed by atoms with van der Waals surface area (Å²) in [6.45, 7) is 6.23. The molecule has 0 unspecified atom stereocenters. The number of rotatable bonds is 7. The number of nitrogens with zero attached hydrogens (tertiary/aromatic N) is 2. The summed E-state index contributed by atoms with van der Waals surface area (Å²) in [6, 6.07) is 3.42. The Morgan fingerprint density at radius 3 is 2.72 bits per heavy atom. The van der Waals surface area contributed by atoms with Gasteiger partial charge in [0, 0.05) is 18.8 Å². The van der Waals surface area contributed by atoms with Crippen LogP contribution in [-0.2, 0) is 4.74 Å². The number of methoxy groups -OCH3 is 1. The number of amides is 1. The maximum Gasteiger partial charge on any atom is 0.407 e. The fourth-order valence-corrected chi connectivity index (χ4v) is 2.02. The van der Waals surface area contributed by atoms with Crippen LogP contribution in [0.5, 0.6) is 11.6 Å². The highest BCUT2D eigenvalue weighted by molar-refractivity contribution is 5.70. The predicted molar refractivity (Wildman–Crippen MR) is 90.6 cm³/mol. The quantitative estimate of drug-likeness (QED) is 0.768. The number of hydrogen-bond acceptors (Lipinski definition) is 7. The molecule has 1 N–H and O–H groups in total. The maximum atomic E-state index is 11.6. The first-order valence-electron chi connectivity index (χ1n) is 7.94. The Bertz CT molecular complexity index is 680. The molecule has 0 aromatic carbocycles. The summed E-state index contributed by atoms with van der Waals surface area (Å²) in [4.78, 5) is 15.8. The topological polar surface area (TPSA) is 95.7 Å². The van der Waals surface area contributed by atoms with Crippen LogP contribution in [0.25, 0.3) is 11.3 Å². The van der Waals surface area contributed by atoms with E-state index in [4.69, 9.17) is 18.7 Å². The molecule has 0 spiro atoms. The smallest absolute Gasteiger partial charge is 0.407 e. The second-order valence-electron chi connectivity index (χ2n) is 6.20. The van der Waals surface area contributed by atoms with Crippen LogP contribution in [0.3, 0.4) is 0 Å². The van der Waals surface area contributed by atoms with Crippen molar-refractivity contribution in [3.8, 4) is 23.0 Å². The lowest BCUT2D eigenvalue weighted by molar-refractivity contribution is 0.0525. The van der Waals surface area contributed by atoms with Crippen molar-refractivity contribution in [3.05, 3.63) is 24.5 Å². The van der Waals surface area contributed by atoms with Gasteiger partial charge in [0.05, 0.1) is 19.9 Å². The largest absolute Gasteiger partial charge is 0.496 e. The number of nitrogens with one attached hydrogen (secondary N) is 1. The minimum atomic E-state index is -0.517. The van der Waals surface area contributed by atoms with Crippen molar-refractivity contribution in [1.82, 2.24) is 15.5 Å². The fraction of sp³-hybridized carbons (Fsp3) is 0.471. The zero-order valence-electron chi connectivity index (χ0n) is 14.9. The van der Waals surface area contributed by atoms with Gasteiger partial charge in [0.1, 0.15) is 16.9 Å². The Morgan fingerprint density at radius 2 is 2.08 bits per heavy atom. The minimum Gasteiger partial charge on any atom is -0.496 e. The van der Waals surface area contributed by atoms with Gasteiger partial charge in [-0.1, -0.05) is 5.16 Å². The molecule has 0 radical (unpaired) electrons. The Kier molecular flexibility index (Phi) is 6.21. The molecule has 0 fully saturated rings. The Balaban J connectivity index is 1.88. The molecule has 0 atom stereocenters. The van der Waals surface area contributed by atoms with Gasteiger partial charge in [0.15, 0.2) is 5.76 Å². The van der Waals surface area contributed by atoms with E-state index in [2.05, 4.69) is 15.5 Å². The van der Waals surface area contributed by atoms with Gasteiger partial charge >= 0.3 is 6.09 Å². The Hall–Kier alpha value is -2.77. The highest BCUT2D eigenvalue weighted by atomic mass is 16.6. The fourth-order valence-electron chi connectivity index (χ4n) is 2.02. The molecule has 0 bridgehead atoms. The summed E-state index contributed by atoms with van der Waals surface area (Å²) in [6.07, 6.45) is 3.27. The normalized spacial score (nSPS) is 11.0. The van der Waals surface area contributed by atoms with Crippen LogP contribution in [0.2, 0.25) is 0 Å². The van der Waals surface area contributed by atoms with Crippen molar-refractivity contribution in [2.24, 2.45) is 0 Å². The SMILES string of the molecule is COc1ccnc(OCCCNC(=O)OC(C)(C)C)c1-c1ccno1. The third kappa shape index (κ3) is 5.66. The minimum absolute atomic E-state index is 0.358. The molecule has 0 aliphatic rings. The first-order chi connectivity index (χ1) is 11.9. The van der Waals surface area contributed by atoms with Crippen LogP contribution < -0.4 is 14.8 Å². The number of alkyl carbamates (subject to hydrolysis) is 1. The van der Waals surface area contributed by atoms with Gasteiger partial charge in [-0.05, 0) is 33.3 Å². The lowest BCUT2D eigenvalue weighted by Gasteiger charge is -2.19. The van der Waals surface area contributed by atoms with E-state index < -0.39 is 11.7 Å². The maximum absolute atomic E-state index is 11.6. The number of carbonyl (C=O) groups excluding carboxylic acids is 1. The highest BCUT2D eigenvalue weighted by Gasteiger charge is 2.18. The van der Waals surface area contributed by atoms with Crippen LogP contribution in [-0.4, -0.2) is 42.1 Å². The van der Waals surface area contributed by atoms with Crippen LogP contribution in [0.1, 0.15) is 27.2 Å². The molecule has 8 nitrogen and oxygen atoms in total. The van der Waals surface area contributed by atoms with Gasteiger partial charge in [-0.15, -0.1) is 0 Å². The van der Waals surface area contributed by atoms with Crippen molar-refractivity contribution in [2.75, 3.05) is 20.3 Å². The van der Waals surface area contributed by atoms with E-state index in [-0.39, 0.29) is 0 Å². The second-order valence-corrected chi connectivity index (χ2v) is 6.20. The van der Waals surface area contributed by atoms with Crippen molar-refractivity contribution in [3.63, 3.8) is 0 Å². The molecule has 0 saturated heterocycles. The van der Waals surface area contributed by atoms with E-state index in [1.807, 2.05) is 20.8 Å². The third-order valence-corrected chi connectivity index (χ3v) is 3.01. The number of ether oxygens (including phenoxy) is 3. The number of pyridine rings is 1. The van der Waals surface area contributed by atoms with Gasteiger partial charge in [0.25, 0.3) is 0 Å². The average molecular weight is 349 g/mol. The van der Waals surface area contributed by atoms with E-state index in [1.165, 1.54) is 6.20 Å². The molecular weight excluding hydrogens is 326 g/mol. The summed E-state index contributed by atoms with van der Waals surface area (Å²) in [7, 11) is 1.56. The van der Waals surface area contributed by atoms with E-state index in [0.29, 0.717) is 42.5 Å². The number of aromatic nitrogens is 2. The standard InChI is InChI=1S/C17H23N3O5/c1-17(2,3)24-16(21)19-8-5-11-23-15-14(13-7-10-20-25-13)12(22-4)6-9-18-15/h6-7,9-10H,5,8,11H2,1-4H3,(H,19,21). The molecule has 2 aromatic heterocycles. The Labute approximate surface area is 146 Å². The first-order valence-corrected chi connectivity index (χ1v) is 7.94. The molecule has 1 amide bonds. The van der Waals surface area contributed by atoms with Gasteiger partial charge in [-0.2, -0.15) is 0 Å². The van der Waals surface area contributed by atoms with E-state index in [0.717, 1.165) is 0 Å². The lowest BCUT2D eigenvalue weighted by atomic mass is 10.2. The molecule has 136 valence electrons. The van der Waals surface area contributed by atoms with E-state index in [9.17, 15) is 4.79 Å². The van der Waals surface area contributed by atoms with Gasteiger partial charge in [0.2, 0.25) is 5.88 Å². The van der Waals surface area contributed by atoms with Crippen molar-refractivity contribution in [2.45, 2.75) is 32.8 Å². The molecule has 0 saturated carbocycles. The van der Waals surface area contributed by atoms with Crippen LogP contribution in [0.15, 0.2) is 29.0 Å². The van der Waals surface area contributed by atoms with E-state index in [1.54, 1.807) is 25.4 Å². The molecule has 0 aliphatic heterocycles. The number of carbonyl (C=O) groups is 1. The van der Waals surface area contributed by atoms with Crippen molar-refractivity contribution >= 4 is 6.09 Å². The van der Waals surface area contributed by atoms with Crippen LogP contribution in [0, 0.1) is 0 Å².